The number of hydrogen-bond acceptors (Lipinski definition) is 4. The first kappa shape index (κ1) is 13.6. The molecule has 1 N–H and O–H groups in total. The molecular formula is C16H9ClN2OS. The van der Waals surface area contributed by atoms with Crippen molar-refractivity contribution in [3.8, 4) is 11.8 Å². The second-order valence-electron chi connectivity index (χ2n) is 4.39. The number of aromatic nitrogens is 1. The van der Waals surface area contributed by atoms with E-state index in [4.69, 9.17) is 11.6 Å². The summed E-state index contributed by atoms with van der Waals surface area (Å²) in [4.78, 5) is 4.45. The molecule has 5 heteroatoms. The van der Waals surface area contributed by atoms with Gasteiger partial charge in [0.2, 0.25) is 0 Å². The molecule has 0 atom stereocenters. The molecule has 0 bridgehead atoms. The molecule has 0 fully saturated rings. The molecule has 0 spiro atoms. The lowest BCUT2D eigenvalue weighted by Crippen LogP contribution is -1.80. The van der Waals surface area contributed by atoms with Crippen molar-refractivity contribution in [2.75, 3.05) is 0 Å². The van der Waals surface area contributed by atoms with Crippen LogP contribution in [0.1, 0.15) is 10.6 Å². The van der Waals surface area contributed by atoms with Crippen LogP contribution in [0.5, 0.6) is 5.75 Å². The summed E-state index contributed by atoms with van der Waals surface area (Å²) in [6, 6.07) is 14.3. The van der Waals surface area contributed by atoms with Crippen molar-refractivity contribution >= 4 is 44.8 Å². The van der Waals surface area contributed by atoms with Crippen LogP contribution in [0.15, 0.2) is 42.5 Å². The molecule has 0 aliphatic rings. The van der Waals surface area contributed by atoms with E-state index in [1.165, 1.54) is 11.3 Å². The summed E-state index contributed by atoms with van der Waals surface area (Å²) >= 11 is 7.40. The number of thiazole rings is 1. The smallest absolute Gasteiger partial charge is 0.135 e. The predicted molar refractivity (Wildman–Crippen MR) is 86.2 cm³/mol. The molecule has 3 nitrogen and oxygen atoms in total. The van der Waals surface area contributed by atoms with Gasteiger partial charge in [0, 0.05) is 5.02 Å². The van der Waals surface area contributed by atoms with Crippen molar-refractivity contribution in [1.29, 1.82) is 5.26 Å². The highest BCUT2D eigenvalue weighted by molar-refractivity contribution is 7.19. The minimum atomic E-state index is 0.195. The van der Waals surface area contributed by atoms with Gasteiger partial charge in [-0.15, -0.1) is 11.3 Å². The molecule has 0 aliphatic carbocycles. The monoisotopic (exact) mass is 312 g/mol. The number of hydrogen-bond donors (Lipinski definition) is 1. The third-order valence-corrected chi connectivity index (χ3v) is 4.21. The van der Waals surface area contributed by atoms with Crippen molar-refractivity contribution in [2.24, 2.45) is 0 Å². The van der Waals surface area contributed by atoms with E-state index in [2.05, 4.69) is 11.1 Å². The number of fused-ring (bicyclic) bond motifs is 1. The number of aromatic hydroxyl groups is 1. The van der Waals surface area contributed by atoms with Crippen LogP contribution in [0.2, 0.25) is 5.02 Å². The number of phenolic OH excluding ortho intramolecular Hbond substituents is 1. The molecule has 3 rings (SSSR count). The number of rotatable bonds is 2. The molecule has 1 heterocycles. The zero-order valence-corrected chi connectivity index (χ0v) is 12.3. The normalized spacial score (nSPS) is 11.5. The zero-order chi connectivity index (χ0) is 14.8. The van der Waals surface area contributed by atoms with Gasteiger partial charge in [0.05, 0.1) is 15.8 Å². The van der Waals surface area contributed by atoms with Crippen molar-refractivity contribution in [1.82, 2.24) is 4.98 Å². The molecule has 1 aromatic heterocycles. The van der Waals surface area contributed by atoms with E-state index < -0.39 is 0 Å². The summed E-state index contributed by atoms with van der Waals surface area (Å²) in [5.74, 6) is 0.195. The van der Waals surface area contributed by atoms with Gasteiger partial charge in [-0.3, -0.25) is 0 Å². The van der Waals surface area contributed by atoms with Gasteiger partial charge in [-0.1, -0.05) is 23.7 Å². The van der Waals surface area contributed by atoms with Crippen LogP contribution in [-0.4, -0.2) is 10.1 Å². The van der Waals surface area contributed by atoms with E-state index in [0.717, 1.165) is 15.8 Å². The minimum Gasteiger partial charge on any atom is -0.508 e. The SMILES string of the molecule is N#C/C(=C\c1ccc(O)cc1)c1nc2cc(Cl)ccc2s1. The van der Waals surface area contributed by atoms with Gasteiger partial charge >= 0.3 is 0 Å². The molecule has 0 radical (unpaired) electrons. The van der Waals surface area contributed by atoms with Gasteiger partial charge in [-0.05, 0) is 42.0 Å². The fraction of sp³-hybridized carbons (Fsp3) is 0. The third kappa shape index (κ3) is 2.89. The first-order chi connectivity index (χ1) is 10.2. The number of allylic oxidation sites excluding steroid dienone is 1. The predicted octanol–water partition coefficient (Wildman–Crippen LogP) is 4.72. The van der Waals surface area contributed by atoms with E-state index in [0.29, 0.717) is 15.6 Å². The molecule has 2 aromatic carbocycles. The standard InChI is InChI=1S/C16H9ClN2OS/c17-12-3-6-15-14(8-12)19-16(21-15)11(9-18)7-10-1-4-13(20)5-2-10/h1-8,20H/b11-7+. The average Bonchev–Trinajstić information content (AvgIpc) is 2.89. The summed E-state index contributed by atoms with van der Waals surface area (Å²) in [7, 11) is 0. The minimum absolute atomic E-state index is 0.195. The lowest BCUT2D eigenvalue weighted by molar-refractivity contribution is 0.475. The molecule has 21 heavy (non-hydrogen) atoms. The molecule has 0 saturated heterocycles. The quantitative estimate of drug-likeness (QED) is 0.697. The lowest BCUT2D eigenvalue weighted by atomic mass is 10.1. The third-order valence-electron chi connectivity index (χ3n) is 2.90. The molecule has 0 saturated carbocycles. The van der Waals surface area contributed by atoms with Crippen LogP contribution in [0.25, 0.3) is 21.9 Å². The van der Waals surface area contributed by atoms with Crippen molar-refractivity contribution in [2.45, 2.75) is 0 Å². The largest absolute Gasteiger partial charge is 0.508 e. The summed E-state index contributed by atoms with van der Waals surface area (Å²) in [6.45, 7) is 0. The van der Waals surface area contributed by atoms with Gasteiger partial charge in [0.15, 0.2) is 0 Å². The highest BCUT2D eigenvalue weighted by Gasteiger charge is 2.09. The van der Waals surface area contributed by atoms with Crippen LogP contribution >= 0.6 is 22.9 Å². The Hall–Kier alpha value is -2.35. The van der Waals surface area contributed by atoms with Crippen LogP contribution in [0.3, 0.4) is 0 Å². The van der Waals surface area contributed by atoms with Crippen molar-refractivity contribution in [3.63, 3.8) is 0 Å². The summed E-state index contributed by atoms with van der Waals surface area (Å²) in [5, 5.41) is 19.9. The zero-order valence-electron chi connectivity index (χ0n) is 10.7. The highest BCUT2D eigenvalue weighted by Crippen LogP contribution is 2.29. The summed E-state index contributed by atoms with van der Waals surface area (Å²) in [5.41, 5.74) is 2.11. The van der Waals surface area contributed by atoms with Crippen LogP contribution < -0.4 is 0 Å². The maximum atomic E-state index is 9.35. The second kappa shape index (κ2) is 5.57. The Morgan fingerprint density at radius 2 is 2.00 bits per heavy atom. The van der Waals surface area contributed by atoms with E-state index >= 15 is 0 Å². The lowest BCUT2D eigenvalue weighted by Gasteiger charge is -1.96. The van der Waals surface area contributed by atoms with Gasteiger partial charge in [0.1, 0.15) is 16.8 Å². The van der Waals surface area contributed by atoms with Crippen molar-refractivity contribution < 1.29 is 5.11 Å². The number of nitriles is 1. The van der Waals surface area contributed by atoms with Crippen molar-refractivity contribution in [3.05, 3.63) is 58.1 Å². The average molecular weight is 313 g/mol. The molecule has 3 aromatic rings. The Labute approximate surface area is 130 Å². The molecule has 0 amide bonds. The van der Waals surface area contributed by atoms with Crippen LogP contribution in [-0.2, 0) is 0 Å². The van der Waals surface area contributed by atoms with Gasteiger partial charge in [0.25, 0.3) is 0 Å². The Bertz CT molecular complexity index is 875. The fourth-order valence-corrected chi connectivity index (χ4v) is 2.97. The van der Waals surface area contributed by atoms with Crippen LogP contribution in [0.4, 0.5) is 0 Å². The van der Waals surface area contributed by atoms with Gasteiger partial charge < -0.3 is 5.11 Å². The van der Waals surface area contributed by atoms with E-state index in [1.54, 1.807) is 36.4 Å². The number of halogens is 1. The van der Waals surface area contributed by atoms with Gasteiger partial charge in [-0.25, -0.2) is 4.98 Å². The Morgan fingerprint density at radius 1 is 1.24 bits per heavy atom. The maximum Gasteiger partial charge on any atom is 0.135 e. The Balaban J connectivity index is 2.05. The highest BCUT2D eigenvalue weighted by atomic mass is 35.5. The second-order valence-corrected chi connectivity index (χ2v) is 5.86. The van der Waals surface area contributed by atoms with E-state index in [9.17, 15) is 10.4 Å². The van der Waals surface area contributed by atoms with E-state index in [1.807, 2.05) is 12.1 Å². The first-order valence-electron chi connectivity index (χ1n) is 6.13. The van der Waals surface area contributed by atoms with E-state index in [-0.39, 0.29) is 5.75 Å². The van der Waals surface area contributed by atoms with Crippen LogP contribution in [0, 0.1) is 11.3 Å². The number of nitrogens with zero attached hydrogens (tertiary/aromatic N) is 2. The summed E-state index contributed by atoms with van der Waals surface area (Å²) in [6.07, 6.45) is 1.75. The topological polar surface area (TPSA) is 56.9 Å². The summed E-state index contributed by atoms with van der Waals surface area (Å²) < 4.78 is 0.987. The number of benzene rings is 2. The molecule has 0 aliphatic heterocycles. The number of phenols is 1. The molecular weight excluding hydrogens is 304 g/mol. The molecule has 102 valence electrons. The Morgan fingerprint density at radius 3 is 2.71 bits per heavy atom. The Kier molecular flexibility index (Phi) is 3.61. The molecule has 0 unspecified atom stereocenters. The first-order valence-corrected chi connectivity index (χ1v) is 7.32. The maximum absolute atomic E-state index is 9.35. The fourth-order valence-electron chi connectivity index (χ4n) is 1.89. The van der Waals surface area contributed by atoms with Gasteiger partial charge in [-0.2, -0.15) is 5.26 Å².